The lowest BCUT2D eigenvalue weighted by atomic mass is 9.93. The van der Waals surface area contributed by atoms with Crippen LogP contribution < -0.4 is 0 Å². The van der Waals surface area contributed by atoms with E-state index in [9.17, 15) is 14.9 Å². The van der Waals surface area contributed by atoms with Crippen LogP contribution in [-0.4, -0.2) is 17.0 Å². The van der Waals surface area contributed by atoms with Gasteiger partial charge in [0, 0.05) is 18.1 Å². The van der Waals surface area contributed by atoms with Gasteiger partial charge in [0.25, 0.3) is 5.69 Å². The highest BCUT2D eigenvalue weighted by molar-refractivity contribution is 5.89. The number of benzene rings is 1. The zero-order chi connectivity index (χ0) is 14.1. The number of hydrogen-bond acceptors (Lipinski definition) is 4. The zero-order valence-electron chi connectivity index (χ0n) is 10.9. The summed E-state index contributed by atoms with van der Waals surface area (Å²) in [4.78, 5) is 22.1. The van der Waals surface area contributed by atoms with Crippen LogP contribution in [-0.2, 0) is 4.74 Å². The maximum Gasteiger partial charge on any atom is 0.338 e. The number of esters is 1. The van der Waals surface area contributed by atoms with Gasteiger partial charge in [0.2, 0.25) is 0 Å². The van der Waals surface area contributed by atoms with Gasteiger partial charge in [-0.2, -0.15) is 0 Å². The van der Waals surface area contributed by atoms with Crippen LogP contribution in [0.25, 0.3) is 0 Å². The summed E-state index contributed by atoms with van der Waals surface area (Å²) in [5, 5.41) is 10.6. The molecule has 3 atom stereocenters. The van der Waals surface area contributed by atoms with E-state index in [0.29, 0.717) is 17.4 Å². The van der Waals surface area contributed by atoms with Gasteiger partial charge in [-0.3, -0.25) is 10.1 Å². The zero-order valence-corrected chi connectivity index (χ0v) is 10.9. The van der Waals surface area contributed by atoms with E-state index in [2.05, 4.69) is 6.08 Å². The van der Waals surface area contributed by atoms with Crippen molar-refractivity contribution in [3.63, 3.8) is 0 Å². The Labute approximate surface area is 116 Å². The normalized spacial score (nSPS) is 27.3. The van der Waals surface area contributed by atoms with E-state index in [1.54, 1.807) is 0 Å². The quantitative estimate of drug-likeness (QED) is 0.367. The van der Waals surface area contributed by atoms with Crippen molar-refractivity contribution in [1.29, 1.82) is 0 Å². The van der Waals surface area contributed by atoms with Gasteiger partial charge in [-0.15, -0.1) is 0 Å². The Bertz CT molecular complexity index is 564. The molecule has 0 N–H and O–H groups in total. The van der Waals surface area contributed by atoms with E-state index in [1.165, 1.54) is 30.7 Å². The van der Waals surface area contributed by atoms with Crippen LogP contribution in [0.3, 0.4) is 0 Å². The molecular weight excluding hydrogens is 258 g/mol. The third kappa shape index (κ3) is 2.43. The van der Waals surface area contributed by atoms with E-state index in [1.807, 2.05) is 6.08 Å². The fraction of sp³-hybridized carbons (Fsp3) is 0.400. The minimum Gasteiger partial charge on any atom is -0.454 e. The Kier molecular flexibility index (Phi) is 3.26. The second-order valence-corrected chi connectivity index (χ2v) is 5.39. The van der Waals surface area contributed by atoms with Crippen LogP contribution in [0.2, 0.25) is 0 Å². The molecule has 104 valence electrons. The lowest BCUT2D eigenvalue weighted by molar-refractivity contribution is -0.384. The number of nitrogens with zero attached hydrogens (tertiary/aromatic N) is 1. The first-order valence-electron chi connectivity index (χ1n) is 6.77. The monoisotopic (exact) mass is 273 g/mol. The Morgan fingerprint density at radius 3 is 2.65 bits per heavy atom. The summed E-state index contributed by atoms with van der Waals surface area (Å²) >= 11 is 0. The van der Waals surface area contributed by atoms with Crippen LogP contribution in [0, 0.1) is 22.0 Å². The molecule has 2 unspecified atom stereocenters. The molecule has 0 aromatic heterocycles. The number of nitro groups is 1. The predicted octanol–water partition coefficient (Wildman–Crippen LogP) is 3.11. The summed E-state index contributed by atoms with van der Waals surface area (Å²) in [6.07, 6.45) is 7.32. The molecule has 0 amide bonds. The van der Waals surface area contributed by atoms with Crippen molar-refractivity contribution < 1.29 is 14.5 Å². The van der Waals surface area contributed by atoms with Gasteiger partial charge in [0.15, 0.2) is 0 Å². The molecule has 5 heteroatoms. The molecule has 0 radical (unpaired) electrons. The molecule has 0 heterocycles. The standard InChI is InChI=1S/C15H15NO4/c17-15(11-4-6-13(7-5-11)16(18)19)20-14-8-2-10-1-3-12(14)9-10/h2,4-8,10,12,14H,1,3,9H2/t10?,12?,14-/m0/s1. The van der Waals surface area contributed by atoms with Crippen LogP contribution in [0.15, 0.2) is 36.4 Å². The molecule has 0 saturated heterocycles. The molecule has 0 aliphatic heterocycles. The SMILES string of the molecule is O=C(O[C@H]1C=CC2CCC1C2)c1ccc([N+](=O)[O-])cc1. The molecule has 1 fully saturated rings. The van der Waals surface area contributed by atoms with Gasteiger partial charge in [-0.1, -0.05) is 6.08 Å². The van der Waals surface area contributed by atoms with Crippen molar-refractivity contribution in [3.05, 3.63) is 52.1 Å². The lowest BCUT2D eigenvalue weighted by Gasteiger charge is -2.23. The maximum atomic E-state index is 12.0. The van der Waals surface area contributed by atoms with Crippen molar-refractivity contribution in [2.75, 3.05) is 0 Å². The van der Waals surface area contributed by atoms with E-state index < -0.39 is 10.9 Å². The summed E-state index contributed by atoms with van der Waals surface area (Å²) in [6.45, 7) is 0. The number of non-ortho nitro benzene ring substituents is 1. The van der Waals surface area contributed by atoms with E-state index in [4.69, 9.17) is 4.74 Å². The fourth-order valence-corrected chi connectivity index (χ4v) is 3.00. The number of carbonyl (C=O) groups is 1. The predicted molar refractivity (Wildman–Crippen MR) is 72.3 cm³/mol. The highest BCUT2D eigenvalue weighted by Crippen LogP contribution is 2.39. The van der Waals surface area contributed by atoms with Gasteiger partial charge >= 0.3 is 5.97 Å². The molecule has 1 saturated carbocycles. The first kappa shape index (κ1) is 12.8. The largest absolute Gasteiger partial charge is 0.454 e. The number of hydrogen-bond donors (Lipinski definition) is 0. The third-order valence-corrected chi connectivity index (χ3v) is 4.11. The molecule has 5 nitrogen and oxygen atoms in total. The summed E-state index contributed by atoms with van der Waals surface area (Å²) in [5.41, 5.74) is 0.321. The maximum absolute atomic E-state index is 12.0. The molecule has 1 aromatic carbocycles. The fourth-order valence-electron chi connectivity index (χ4n) is 3.00. The summed E-state index contributed by atoms with van der Waals surface area (Å²) in [5.74, 6) is 0.654. The van der Waals surface area contributed by atoms with Gasteiger partial charge in [0.1, 0.15) is 6.10 Å². The molecular formula is C15H15NO4. The number of fused-ring (bicyclic) bond motifs is 2. The molecule has 2 bridgehead atoms. The summed E-state index contributed by atoms with van der Waals surface area (Å²) in [7, 11) is 0. The number of allylic oxidation sites excluding steroid dienone is 1. The number of rotatable bonds is 3. The minimum atomic E-state index is -0.488. The molecule has 20 heavy (non-hydrogen) atoms. The Hall–Kier alpha value is -2.17. The average molecular weight is 273 g/mol. The summed E-state index contributed by atoms with van der Waals surface area (Å²) in [6, 6.07) is 5.51. The first-order chi connectivity index (χ1) is 9.63. The van der Waals surface area contributed by atoms with Crippen LogP contribution >= 0.6 is 0 Å². The van der Waals surface area contributed by atoms with Gasteiger partial charge in [-0.05, 0) is 43.4 Å². The van der Waals surface area contributed by atoms with Crippen LogP contribution in [0.1, 0.15) is 29.6 Å². The Balaban J connectivity index is 1.68. The van der Waals surface area contributed by atoms with Crippen molar-refractivity contribution in [2.24, 2.45) is 11.8 Å². The second kappa shape index (κ2) is 5.07. The van der Waals surface area contributed by atoms with Crippen molar-refractivity contribution in [1.82, 2.24) is 0 Å². The smallest absolute Gasteiger partial charge is 0.338 e. The number of ether oxygens (including phenoxy) is 1. The van der Waals surface area contributed by atoms with E-state index in [-0.39, 0.29) is 11.8 Å². The second-order valence-electron chi connectivity index (χ2n) is 5.39. The topological polar surface area (TPSA) is 69.4 Å². The van der Waals surface area contributed by atoms with Crippen molar-refractivity contribution in [3.8, 4) is 0 Å². The highest BCUT2D eigenvalue weighted by Gasteiger charge is 2.34. The highest BCUT2D eigenvalue weighted by atomic mass is 16.6. The number of carbonyl (C=O) groups excluding carboxylic acids is 1. The van der Waals surface area contributed by atoms with Crippen molar-refractivity contribution in [2.45, 2.75) is 25.4 Å². The van der Waals surface area contributed by atoms with Crippen LogP contribution in [0.5, 0.6) is 0 Å². The third-order valence-electron chi connectivity index (χ3n) is 4.11. The van der Waals surface area contributed by atoms with E-state index in [0.717, 1.165) is 12.8 Å². The van der Waals surface area contributed by atoms with Crippen molar-refractivity contribution >= 4 is 11.7 Å². The lowest BCUT2D eigenvalue weighted by Crippen LogP contribution is -2.25. The van der Waals surface area contributed by atoms with E-state index >= 15 is 0 Å². The van der Waals surface area contributed by atoms with Gasteiger partial charge in [0.05, 0.1) is 10.5 Å². The molecule has 0 spiro atoms. The molecule has 1 aromatic rings. The Morgan fingerprint density at radius 2 is 1.95 bits per heavy atom. The molecule has 2 aliphatic carbocycles. The molecule has 3 rings (SSSR count). The average Bonchev–Trinajstić information content (AvgIpc) is 2.85. The minimum absolute atomic E-state index is 0.0299. The Morgan fingerprint density at radius 1 is 1.20 bits per heavy atom. The molecule has 2 aliphatic rings. The van der Waals surface area contributed by atoms with Gasteiger partial charge < -0.3 is 4.74 Å². The summed E-state index contributed by atoms with van der Waals surface area (Å²) < 4.78 is 5.51. The van der Waals surface area contributed by atoms with Gasteiger partial charge in [-0.25, -0.2) is 4.79 Å². The first-order valence-corrected chi connectivity index (χ1v) is 6.77. The van der Waals surface area contributed by atoms with Crippen LogP contribution in [0.4, 0.5) is 5.69 Å². The number of nitro benzene ring substituents is 1.